The molecule has 2 aromatic rings. The molecule has 0 spiro atoms. The van der Waals surface area contributed by atoms with Gasteiger partial charge >= 0.3 is 12.2 Å². The molecule has 0 radical (unpaired) electrons. The lowest BCUT2D eigenvalue weighted by molar-refractivity contribution is -0.176. The molecule has 0 fully saturated rings. The highest BCUT2D eigenvalue weighted by molar-refractivity contribution is 5.94. The summed E-state index contributed by atoms with van der Waals surface area (Å²) in [5.74, 6) is -0.271. The zero-order valence-corrected chi connectivity index (χ0v) is 14.9. The molecule has 0 aliphatic rings. The number of primary amides is 1. The molecule has 9 heteroatoms. The molecule has 0 unspecified atom stereocenters. The highest BCUT2D eigenvalue weighted by atomic mass is 19.4. The van der Waals surface area contributed by atoms with Crippen molar-refractivity contribution in [1.29, 1.82) is 0 Å². The Hall–Kier alpha value is -3.07. The molecule has 2 rings (SSSR count). The maximum absolute atomic E-state index is 12.2. The second-order valence-corrected chi connectivity index (χ2v) is 6.02. The summed E-state index contributed by atoms with van der Waals surface area (Å²) >= 11 is 0. The monoisotopic (exact) mass is 395 g/mol. The molecule has 0 saturated carbocycles. The molecule has 2 aromatic carbocycles. The Bertz CT molecular complexity index is 791. The van der Waals surface area contributed by atoms with Gasteiger partial charge in [0.15, 0.2) is 0 Å². The van der Waals surface area contributed by atoms with Crippen LogP contribution < -0.4 is 16.4 Å². The molecule has 0 bridgehead atoms. The smallest absolute Gasteiger partial charge is 0.367 e. The Morgan fingerprint density at radius 1 is 0.857 bits per heavy atom. The van der Waals surface area contributed by atoms with E-state index >= 15 is 0 Å². The summed E-state index contributed by atoms with van der Waals surface area (Å²) in [7, 11) is 0. The first-order valence-electron chi connectivity index (χ1n) is 8.36. The van der Waals surface area contributed by atoms with Crippen molar-refractivity contribution in [3.05, 3.63) is 70.8 Å². The summed E-state index contributed by atoms with van der Waals surface area (Å²) in [5.41, 5.74) is 7.67. The Morgan fingerprint density at radius 2 is 1.36 bits per heavy atom. The number of amides is 3. The molecule has 0 aromatic heterocycles. The molecule has 4 N–H and O–H groups in total. The molecular formula is C19H20F3N3O3. The fourth-order valence-corrected chi connectivity index (χ4v) is 2.29. The van der Waals surface area contributed by atoms with Crippen LogP contribution in [0.2, 0.25) is 0 Å². The minimum Gasteiger partial charge on any atom is -0.367 e. The topological polar surface area (TPSA) is 93.5 Å². The van der Waals surface area contributed by atoms with E-state index in [2.05, 4.69) is 15.4 Å². The Kier molecular flexibility index (Phi) is 7.39. The van der Waals surface area contributed by atoms with Crippen LogP contribution >= 0.6 is 0 Å². The van der Waals surface area contributed by atoms with Crippen molar-refractivity contribution < 1.29 is 27.5 Å². The number of benzene rings is 2. The number of carbonyl (C=O) groups is 2. The fraction of sp³-hybridized carbons (Fsp3) is 0.263. The van der Waals surface area contributed by atoms with Crippen molar-refractivity contribution in [3.8, 4) is 0 Å². The standard InChI is InChI=1S/C19H20F3N3O3/c20-19(21,22)12-28-11-15-3-1-13(2-4-15)9-24-17(26)16-7-5-14(6-8-16)10-25-18(23)27/h1-8H,9-12H2,(H,24,26)(H3,23,25,27). The van der Waals surface area contributed by atoms with Gasteiger partial charge in [0, 0.05) is 18.7 Å². The third-order valence-corrected chi connectivity index (χ3v) is 3.69. The number of nitrogens with two attached hydrogens (primary N) is 1. The van der Waals surface area contributed by atoms with Gasteiger partial charge in [0.2, 0.25) is 0 Å². The van der Waals surface area contributed by atoms with Crippen LogP contribution in [-0.2, 0) is 24.4 Å². The summed E-state index contributed by atoms with van der Waals surface area (Å²) < 4.78 is 40.7. The highest BCUT2D eigenvalue weighted by Gasteiger charge is 2.27. The van der Waals surface area contributed by atoms with Gasteiger partial charge in [0.1, 0.15) is 6.61 Å². The van der Waals surface area contributed by atoms with E-state index in [0.717, 1.165) is 11.1 Å². The van der Waals surface area contributed by atoms with Crippen molar-refractivity contribution in [1.82, 2.24) is 10.6 Å². The second-order valence-electron chi connectivity index (χ2n) is 6.02. The molecule has 0 atom stereocenters. The van der Waals surface area contributed by atoms with Crippen LogP contribution in [-0.4, -0.2) is 24.7 Å². The van der Waals surface area contributed by atoms with Gasteiger partial charge in [-0.3, -0.25) is 4.79 Å². The number of carbonyl (C=O) groups excluding carboxylic acids is 2. The van der Waals surface area contributed by atoms with Crippen molar-refractivity contribution in [2.24, 2.45) is 5.73 Å². The van der Waals surface area contributed by atoms with Gasteiger partial charge in [-0.15, -0.1) is 0 Å². The van der Waals surface area contributed by atoms with Gasteiger partial charge in [-0.25, -0.2) is 4.79 Å². The van der Waals surface area contributed by atoms with Crippen LogP contribution in [0.25, 0.3) is 0 Å². The highest BCUT2D eigenvalue weighted by Crippen LogP contribution is 2.16. The number of ether oxygens (including phenoxy) is 1. The van der Waals surface area contributed by atoms with Crippen LogP contribution in [0.1, 0.15) is 27.0 Å². The predicted molar refractivity (Wildman–Crippen MR) is 96.2 cm³/mol. The third-order valence-electron chi connectivity index (χ3n) is 3.69. The second kappa shape index (κ2) is 9.75. The van der Waals surface area contributed by atoms with Crippen LogP contribution in [0, 0.1) is 0 Å². The van der Waals surface area contributed by atoms with Gasteiger partial charge in [-0.1, -0.05) is 36.4 Å². The third kappa shape index (κ3) is 7.67. The van der Waals surface area contributed by atoms with Crippen LogP contribution in [0.3, 0.4) is 0 Å². The molecule has 3 amide bonds. The number of hydrogen-bond acceptors (Lipinski definition) is 3. The number of alkyl halides is 3. The SMILES string of the molecule is NC(=O)NCc1ccc(C(=O)NCc2ccc(COCC(F)(F)F)cc2)cc1. The van der Waals surface area contributed by atoms with Crippen LogP contribution in [0.15, 0.2) is 48.5 Å². The van der Waals surface area contributed by atoms with E-state index in [9.17, 15) is 22.8 Å². The number of hydrogen-bond donors (Lipinski definition) is 3. The molecular weight excluding hydrogens is 375 g/mol. The minimum atomic E-state index is -4.35. The van der Waals surface area contributed by atoms with Crippen molar-refractivity contribution in [3.63, 3.8) is 0 Å². The number of urea groups is 1. The van der Waals surface area contributed by atoms with E-state index in [4.69, 9.17) is 5.73 Å². The normalized spacial score (nSPS) is 11.1. The van der Waals surface area contributed by atoms with Crippen molar-refractivity contribution in [2.75, 3.05) is 6.61 Å². The largest absolute Gasteiger partial charge is 0.411 e. The molecule has 6 nitrogen and oxygen atoms in total. The summed E-state index contributed by atoms with van der Waals surface area (Å²) in [5, 5.41) is 5.21. The number of nitrogens with one attached hydrogen (secondary N) is 2. The summed E-state index contributed by atoms with van der Waals surface area (Å²) in [6, 6.07) is 12.8. The minimum absolute atomic E-state index is 0.136. The van der Waals surface area contributed by atoms with E-state index in [1.807, 2.05) is 0 Å². The van der Waals surface area contributed by atoms with E-state index in [1.165, 1.54) is 0 Å². The van der Waals surface area contributed by atoms with Gasteiger partial charge < -0.3 is 21.1 Å². The van der Waals surface area contributed by atoms with Crippen molar-refractivity contribution in [2.45, 2.75) is 25.9 Å². The molecule has 0 saturated heterocycles. The maximum Gasteiger partial charge on any atom is 0.411 e. The average Bonchev–Trinajstić information content (AvgIpc) is 2.65. The van der Waals surface area contributed by atoms with Crippen LogP contribution in [0.4, 0.5) is 18.0 Å². The van der Waals surface area contributed by atoms with Gasteiger partial charge in [-0.05, 0) is 28.8 Å². The molecule has 0 aliphatic carbocycles. The molecule has 0 heterocycles. The Labute approximate surface area is 159 Å². The van der Waals surface area contributed by atoms with E-state index in [0.29, 0.717) is 11.1 Å². The van der Waals surface area contributed by atoms with Gasteiger partial charge in [0.05, 0.1) is 6.61 Å². The number of rotatable bonds is 8. The van der Waals surface area contributed by atoms with Gasteiger partial charge in [-0.2, -0.15) is 13.2 Å². The Morgan fingerprint density at radius 3 is 1.89 bits per heavy atom. The maximum atomic E-state index is 12.2. The summed E-state index contributed by atoms with van der Waals surface area (Å²) in [6.45, 7) is -0.880. The molecule has 0 aliphatic heterocycles. The van der Waals surface area contributed by atoms with Gasteiger partial charge in [0.25, 0.3) is 5.91 Å². The van der Waals surface area contributed by atoms with E-state index in [-0.39, 0.29) is 25.6 Å². The predicted octanol–water partition coefficient (Wildman–Crippen LogP) is 2.86. The number of halogens is 3. The van der Waals surface area contributed by atoms with E-state index in [1.54, 1.807) is 48.5 Å². The first-order chi connectivity index (χ1) is 13.2. The first-order valence-corrected chi connectivity index (χ1v) is 8.36. The quantitative estimate of drug-likeness (QED) is 0.642. The lowest BCUT2D eigenvalue weighted by Gasteiger charge is -2.09. The van der Waals surface area contributed by atoms with Crippen molar-refractivity contribution >= 4 is 11.9 Å². The zero-order chi connectivity index (χ0) is 20.6. The summed E-state index contributed by atoms with van der Waals surface area (Å²) in [4.78, 5) is 22.8. The molecule has 150 valence electrons. The molecule has 28 heavy (non-hydrogen) atoms. The lowest BCUT2D eigenvalue weighted by Crippen LogP contribution is -2.28. The lowest BCUT2D eigenvalue weighted by atomic mass is 10.1. The van der Waals surface area contributed by atoms with E-state index < -0.39 is 18.8 Å². The Balaban J connectivity index is 1.79. The average molecular weight is 395 g/mol. The summed E-state index contributed by atoms with van der Waals surface area (Å²) in [6.07, 6.45) is -4.35. The fourth-order valence-electron chi connectivity index (χ4n) is 2.29. The first kappa shape index (κ1) is 21.2. The van der Waals surface area contributed by atoms with Crippen LogP contribution in [0.5, 0.6) is 0 Å². The zero-order valence-electron chi connectivity index (χ0n) is 14.9.